The third kappa shape index (κ3) is 6.43. The van der Waals surface area contributed by atoms with Gasteiger partial charge in [-0.3, -0.25) is 4.79 Å². The minimum atomic E-state index is -0.358. The van der Waals surface area contributed by atoms with E-state index in [9.17, 15) is 9.59 Å². The highest BCUT2D eigenvalue weighted by molar-refractivity contribution is 9.10. The van der Waals surface area contributed by atoms with Gasteiger partial charge in [0.05, 0.1) is 34.2 Å². The van der Waals surface area contributed by atoms with Crippen molar-refractivity contribution in [2.24, 2.45) is 4.99 Å². The number of rotatable bonds is 7. The number of hydrogen-bond acceptors (Lipinski definition) is 5. The van der Waals surface area contributed by atoms with Crippen LogP contribution < -0.4 is 5.32 Å². The number of nitrogens with one attached hydrogen (secondary N) is 1. The Morgan fingerprint density at radius 3 is 2.16 bits per heavy atom. The second-order valence-electron chi connectivity index (χ2n) is 10.5. The number of aryl methyl sites for hydroxylation is 2. The number of halogens is 1. The zero-order valence-electron chi connectivity index (χ0n) is 25.0. The van der Waals surface area contributed by atoms with Gasteiger partial charge >= 0.3 is 5.97 Å². The van der Waals surface area contributed by atoms with Crippen molar-refractivity contribution in [2.45, 2.75) is 20.8 Å². The fraction of sp³-hybridized carbons (Fsp3) is 0.108. The molecule has 45 heavy (non-hydrogen) atoms. The molecule has 6 rings (SSSR count). The number of thioether (sulfide) groups is 1. The first-order chi connectivity index (χ1) is 21.8. The first-order valence-electron chi connectivity index (χ1n) is 14.5. The highest BCUT2D eigenvalue weighted by Gasteiger charge is 2.26. The summed E-state index contributed by atoms with van der Waals surface area (Å²) in [5.74, 6) is -0.556. The molecule has 0 unspecified atom stereocenters. The van der Waals surface area contributed by atoms with Crippen LogP contribution in [-0.2, 0) is 9.53 Å². The number of hydrogen-bond donors (Lipinski definition) is 1. The number of benzene rings is 4. The molecule has 2 heterocycles. The maximum Gasteiger partial charge on any atom is 0.338 e. The summed E-state index contributed by atoms with van der Waals surface area (Å²) in [4.78, 5) is 30.9. The molecular formula is C37H30BrN3O3S. The topological polar surface area (TPSA) is 72.7 Å². The van der Waals surface area contributed by atoms with Crippen LogP contribution in [0, 0.1) is 13.8 Å². The van der Waals surface area contributed by atoms with E-state index in [0.29, 0.717) is 22.2 Å². The molecule has 224 valence electrons. The monoisotopic (exact) mass is 675 g/mol. The molecule has 0 aliphatic carbocycles. The molecule has 0 atom stereocenters. The molecule has 1 fully saturated rings. The second-order valence-corrected chi connectivity index (χ2v) is 12.4. The SMILES string of the molecule is CCOC(=O)c1ccc(-n2c(-c3ccccc3)cc(/C=C3/SC(=Nc4cc(C)c(Br)c(C)c4)NC3=O)c2-c2ccccc2)cc1. The Kier molecular flexibility index (Phi) is 8.87. The molecule has 8 heteroatoms. The molecule has 1 saturated heterocycles. The molecular weight excluding hydrogens is 646 g/mol. The van der Waals surface area contributed by atoms with Crippen LogP contribution in [0.15, 0.2) is 117 Å². The van der Waals surface area contributed by atoms with E-state index in [2.05, 4.69) is 56.1 Å². The number of ether oxygens (including phenoxy) is 1. The number of aromatic nitrogens is 1. The van der Waals surface area contributed by atoms with Crippen LogP contribution in [0.5, 0.6) is 0 Å². The van der Waals surface area contributed by atoms with Gasteiger partial charge in [-0.05, 0) is 103 Å². The van der Waals surface area contributed by atoms with E-state index in [0.717, 1.165) is 55.1 Å². The number of carbonyl (C=O) groups excluding carboxylic acids is 2. The highest BCUT2D eigenvalue weighted by Crippen LogP contribution is 2.39. The lowest BCUT2D eigenvalue weighted by Crippen LogP contribution is -2.19. The van der Waals surface area contributed by atoms with Crippen LogP contribution in [0.1, 0.15) is 34.0 Å². The molecule has 0 bridgehead atoms. The molecule has 6 nitrogen and oxygen atoms in total. The zero-order chi connectivity index (χ0) is 31.5. The zero-order valence-corrected chi connectivity index (χ0v) is 27.4. The summed E-state index contributed by atoms with van der Waals surface area (Å²) in [7, 11) is 0. The maximum absolute atomic E-state index is 13.3. The van der Waals surface area contributed by atoms with E-state index < -0.39 is 0 Å². The summed E-state index contributed by atoms with van der Waals surface area (Å²) in [6.45, 7) is 6.15. The summed E-state index contributed by atoms with van der Waals surface area (Å²) in [5.41, 5.74) is 9.05. The fourth-order valence-corrected chi connectivity index (χ4v) is 6.37. The summed E-state index contributed by atoms with van der Waals surface area (Å²) < 4.78 is 8.43. The van der Waals surface area contributed by atoms with Crippen molar-refractivity contribution in [3.05, 3.63) is 135 Å². The van der Waals surface area contributed by atoms with Gasteiger partial charge in [-0.25, -0.2) is 9.79 Å². The molecule has 4 aromatic carbocycles. The average molecular weight is 677 g/mol. The van der Waals surface area contributed by atoms with Gasteiger partial charge < -0.3 is 14.6 Å². The fourth-order valence-electron chi connectivity index (χ4n) is 5.31. The number of nitrogens with zero attached hydrogens (tertiary/aromatic N) is 2. The van der Waals surface area contributed by atoms with Gasteiger partial charge in [0.15, 0.2) is 5.17 Å². The summed E-state index contributed by atoms with van der Waals surface area (Å²) >= 11 is 4.93. The third-order valence-corrected chi connectivity index (χ3v) is 9.53. The molecule has 5 aromatic rings. The Bertz CT molecular complexity index is 1940. The van der Waals surface area contributed by atoms with E-state index in [1.807, 2.05) is 80.6 Å². The lowest BCUT2D eigenvalue weighted by atomic mass is 10.1. The minimum absolute atomic E-state index is 0.198. The number of carbonyl (C=O) groups is 2. The van der Waals surface area contributed by atoms with E-state index in [4.69, 9.17) is 9.73 Å². The van der Waals surface area contributed by atoms with Gasteiger partial charge in [0, 0.05) is 15.7 Å². The molecule has 0 spiro atoms. The Balaban J connectivity index is 1.49. The van der Waals surface area contributed by atoms with Crippen molar-refractivity contribution in [1.29, 1.82) is 0 Å². The molecule has 1 amide bonds. The van der Waals surface area contributed by atoms with Crippen molar-refractivity contribution in [2.75, 3.05) is 6.61 Å². The van der Waals surface area contributed by atoms with Crippen LogP contribution >= 0.6 is 27.7 Å². The molecule has 0 saturated carbocycles. The third-order valence-electron chi connectivity index (χ3n) is 7.37. The Labute approximate surface area is 275 Å². The largest absolute Gasteiger partial charge is 0.462 e. The number of aliphatic imine (C=N–C) groups is 1. The second kappa shape index (κ2) is 13.1. The van der Waals surface area contributed by atoms with Crippen LogP contribution in [0.3, 0.4) is 0 Å². The predicted molar refractivity (Wildman–Crippen MR) is 187 cm³/mol. The minimum Gasteiger partial charge on any atom is -0.462 e. The van der Waals surface area contributed by atoms with Crippen LogP contribution in [-0.4, -0.2) is 28.2 Å². The molecule has 1 aliphatic rings. The highest BCUT2D eigenvalue weighted by atomic mass is 79.9. The van der Waals surface area contributed by atoms with Gasteiger partial charge in [0.2, 0.25) is 0 Å². The first-order valence-corrected chi connectivity index (χ1v) is 16.1. The van der Waals surface area contributed by atoms with Crippen molar-refractivity contribution in [3.63, 3.8) is 0 Å². The Morgan fingerprint density at radius 1 is 0.911 bits per heavy atom. The van der Waals surface area contributed by atoms with E-state index >= 15 is 0 Å². The van der Waals surface area contributed by atoms with Crippen molar-refractivity contribution in [1.82, 2.24) is 9.88 Å². The predicted octanol–water partition coefficient (Wildman–Crippen LogP) is 9.26. The van der Waals surface area contributed by atoms with Gasteiger partial charge in [0.1, 0.15) is 0 Å². The first kappa shape index (κ1) is 30.4. The van der Waals surface area contributed by atoms with Gasteiger partial charge in [-0.1, -0.05) is 76.6 Å². The maximum atomic E-state index is 13.3. The number of amidine groups is 1. The van der Waals surface area contributed by atoms with Crippen molar-refractivity contribution >= 4 is 56.5 Å². The van der Waals surface area contributed by atoms with E-state index in [1.165, 1.54) is 11.8 Å². The number of esters is 1. The quantitative estimate of drug-likeness (QED) is 0.138. The Morgan fingerprint density at radius 2 is 1.53 bits per heavy atom. The standard InChI is InChI=1S/C37H30BrN3O3S/c1-4-44-36(43)27-15-17-30(18-16-27)41-31(25-11-7-5-8-12-25)21-28(34(41)26-13-9-6-10-14-26)22-32-35(42)40-37(45-32)39-29-19-23(2)33(38)24(3)20-29/h5-22H,4H2,1-3H3,(H,39,40,42)/b32-22+. The summed E-state index contributed by atoms with van der Waals surface area (Å²) in [6, 6.07) is 33.7. The normalized spacial score (nSPS) is 14.6. The molecule has 1 aromatic heterocycles. The van der Waals surface area contributed by atoms with Gasteiger partial charge in [-0.15, -0.1) is 0 Å². The van der Waals surface area contributed by atoms with E-state index in [1.54, 1.807) is 19.1 Å². The van der Waals surface area contributed by atoms with Crippen LogP contribution in [0.4, 0.5) is 5.69 Å². The van der Waals surface area contributed by atoms with E-state index in [-0.39, 0.29) is 11.9 Å². The molecule has 0 radical (unpaired) electrons. The Hall–Kier alpha value is -4.66. The lowest BCUT2D eigenvalue weighted by molar-refractivity contribution is -0.115. The van der Waals surface area contributed by atoms with Crippen LogP contribution in [0.2, 0.25) is 0 Å². The van der Waals surface area contributed by atoms with Crippen molar-refractivity contribution < 1.29 is 14.3 Å². The summed E-state index contributed by atoms with van der Waals surface area (Å²) in [6.07, 6.45) is 1.93. The van der Waals surface area contributed by atoms with Crippen molar-refractivity contribution in [3.8, 4) is 28.2 Å². The van der Waals surface area contributed by atoms with Crippen LogP contribution in [0.25, 0.3) is 34.3 Å². The summed E-state index contributed by atoms with van der Waals surface area (Å²) in [5, 5.41) is 3.47. The van der Waals surface area contributed by atoms with Gasteiger partial charge in [0.25, 0.3) is 5.91 Å². The lowest BCUT2D eigenvalue weighted by Gasteiger charge is -2.15. The smallest absolute Gasteiger partial charge is 0.338 e. The molecule has 1 aliphatic heterocycles. The number of amides is 1. The molecule has 1 N–H and O–H groups in total. The average Bonchev–Trinajstić information content (AvgIpc) is 3.60. The van der Waals surface area contributed by atoms with Gasteiger partial charge in [-0.2, -0.15) is 0 Å².